The van der Waals surface area contributed by atoms with Gasteiger partial charge in [0.25, 0.3) is 5.56 Å². The maximum absolute atomic E-state index is 12.1. The number of nitrogens with zero attached hydrogens (tertiary/aromatic N) is 2. The quantitative estimate of drug-likeness (QED) is 0.623. The molecule has 0 radical (unpaired) electrons. The van der Waals surface area contributed by atoms with Gasteiger partial charge in [-0.2, -0.15) is 0 Å². The minimum atomic E-state index is -0.723. The first-order valence-electron chi connectivity index (χ1n) is 8.58. The lowest BCUT2D eigenvalue weighted by Crippen LogP contribution is -2.31. The van der Waals surface area contributed by atoms with Crippen LogP contribution >= 0.6 is 11.6 Å². The van der Waals surface area contributed by atoms with E-state index in [4.69, 9.17) is 11.6 Å². The third-order valence-electron chi connectivity index (χ3n) is 4.37. The Labute approximate surface area is 155 Å². The van der Waals surface area contributed by atoms with Crippen molar-refractivity contribution in [1.29, 1.82) is 0 Å². The molecule has 2 aromatic rings. The van der Waals surface area contributed by atoms with Crippen LogP contribution in [0.25, 0.3) is 5.69 Å². The smallest absolute Gasteiger partial charge is 0.335 e. The van der Waals surface area contributed by atoms with Crippen LogP contribution in [0.1, 0.15) is 37.7 Å². The molecule has 6 nitrogen and oxygen atoms in total. The fourth-order valence-electron chi connectivity index (χ4n) is 2.98. The number of allylic oxidation sites excluding steroid dienone is 1. The SMILES string of the molecule is O=c1[nH]c(=O)n(-c2ccc(Cl)cc2)c(O)c1C=NCCC1=CCCCC1. The summed E-state index contributed by atoms with van der Waals surface area (Å²) in [6.07, 6.45) is 9.08. The Morgan fingerprint density at radius 3 is 2.69 bits per heavy atom. The summed E-state index contributed by atoms with van der Waals surface area (Å²) < 4.78 is 1.02. The van der Waals surface area contributed by atoms with Crippen LogP contribution in [0.2, 0.25) is 5.02 Å². The van der Waals surface area contributed by atoms with Crippen LogP contribution in [-0.2, 0) is 0 Å². The topological polar surface area (TPSA) is 87.5 Å². The zero-order valence-electron chi connectivity index (χ0n) is 14.2. The molecule has 1 aliphatic carbocycles. The standard InChI is InChI=1S/C19H20ClN3O3/c20-14-6-8-15(9-7-14)23-18(25)16(17(24)22-19(23)26)12-21-11-10-13-4-2-1-3-5-13/h4,6-9,12,25H,1-3,5,10-11H2,(H,22,24,26). The number of H-pyrrole nitrogens is 1. The van der Waals surface area contributed by atoms with E-state index >= 15 is 0 Å². The van der Waals surface area contributed by atoms with Crippen molar-refractivity contribution in [2.45, 2.75) is 32.1 Å². The first-order chi connectivity index (χ1) is 12.6. The van der Waals surface area contributed by atoms with E-state index in [1.165, 1.54) is 24.6 Å². The van der Waals surface area contributed by atoms with Crippen molar-refractivity contribution in [3.8, 4) is 11.6 Å². The van der Waals surface area contributed by atoms with E-state index in [9.17, 15) is 14.7 Å². The summed E-state index contributed by atoms with van der Waals surface area (Å²) in [6.45, 7) is 0.533. The van der Waals surface area contributed by atoms with Gasteiger partial charge in [0, 0.05) is 17.8 Å². The van der Waals surface area contributed by atoms with E-state index in [2.05, 4.69) is 16.1 Å². The van der Waals surface area contributed by atoms with Gasteiger partial charge in [0.2, 0.25) is 5.88 Å². The van der Waals surface area contributed by atoms with Crippen molar-refractivity contribution in [3.63, 3.8) is 0 Å². The number of halogens is 1. The molecule has 1 aliphatic rings. The van der Waals surface area contributed by atoms with Gasteiger partial charge in [0.1, 0.15) is 5.56 Å². The molecule has 26 heavy (non-hydrogen) atoms. The molecule has 0 atom stereocenters. The molecular formula is C19H20ClN3O3. The van der Waals surface area contributed by atoms with Crippen molar-refractivity contribution >= 4 is 17.8 Å². The lowest BCUT2D eigenvalue weighted by molar-refractivity contribution is 0.430. The Bertz CT molecular complexity index is 955. The van der Waals surface area contributed by atoms with Crippen molar-refractivity contribution in [2.75, 3.05) is 6.54 Å². The number of nitrogens with one attached hydrogen (secondary N) is 1. The fourth-order valence-corrected chi connectivity index (χ4v) is 3.11. The minimum absolute atomic E-state index is 0.0443. The molecule has 0 aliphatic heterocycles. The number of aliphatic imine (C=N–C) groups is 1. The predicted octanol–water partition coefficient (Wildman–Crippen LogP) is 3.19. The molecule has 0 bridgehead atoms. The average Bonchev–Trinajstić information content (AvgIpc) is 2.63. The van der Waals surface area contributed by atoms with Gasteiger partial charge in [-0.1, -0.05) is 23.3 Å². The van der Waals surface area contributed by atoms with Gasteiger partial charge in [0.15, 0.2) is 0 Å². The Kier molecular flexibility index (Phi) is 5.73. The van der Waals surface area contributed by atoms with E-state index in [0.29, 0.717) is 17.3 Å². The molecule has 1 aromatic carbocycles. The molecule has 0 spiro atoms. The molecule has 0 saturated carbocycles. The summed E-state index contributed by atoms with van der Waals surface area (Å²) in [7, 11) is 0. The second kappa shape index (κ2) is 8.19. The lowest BCUT2D eigenvalue weighted by atomic mass is 9.97. The highest BCUT2D eigenvalue weighted by Gasteiger charge is 2.14. The Morgan fingerprint density at radius 2 is 2.00 bits per heavy atom. The number of benzene rings is 1. The number of rotatable bonds is 5. The second-order valence-electron chi connectivity index (χ2n) is 6.20. The summed E-state index contributed by atoms with van der Waals surface area (Å²) in [6, 6.07) is 6.36. The summed E-state index contributed by atoms with van der Waals surface area (Å²) in [5, 5.41) is 10.9. The van der Waals surface area contributed by atoms with Crippen LogP contribution in [0, 0.1) is 0 Å². The largest absolute Gasteiger partial charge is 0.493 e. The Hall–Kier alpha value is -2.60. The molecular weight excluding hydrogens is 354 g/mol. The van der Waals surface area contributed by atoms with Crippen molar-refractivity contribution < 1.29 is 5.11 Å². The van der Waals surface area contributed by atoms with Gasteiger partial charge in [-0.3, -0.25) is 14.8 Å². The number of aromatic amines is 1. The third kappa shape index (κ3) is 4.14. The van der Waals surface area contributed by atoms with Gasteiger partial charge < -0.3 is 5.11 Å². The van der Waals surface area contributed by atoms with E-state index in [1.807, 2.05) is 0 Å². The highest BCUT2D eigenvalue weighted by atomic mass is 35.5. The van der Waals surface area contributed by atoms with E-state index in [1.54, 1.807) is 24.3 Å². The highest BCUT2D eigenvalue weighted by molar-refractivity contribution is 6.30. The van der Waals surface area contributed by atoms with Crippen LogP contribution in [0.3, 0.4) is 0 Å². The first-order valence-corrected chi connectivity index (χ1v) is 8.96. The molecule has 0 saturated heterocycles. The summed E-state index contributed by atoms with van der Waals surface area (Å²) >= 11 is 5.85. The second-order valence-corrected chi connectivity index (χ2v) is 6.64. The van der Waals surface area contributed by atoms with Gasteiger partial charge in [-0.25, -0.2) is 9.36 Å². The molecule has 0 fully saturated rings. The molecule has 7 heteroatoms. The van der Waals surface area contributed by atoms with Gasteiger partial charge >= 0.3 is 5.69 Å². The van der Waals surface area contributed by atoms with Gasteiger partial charge in [-0.15, -0.1) is 0 Å². The predicted molar refractivity (Wildman–Crippen MR) is 103 cm³/mol. The van der Waals surface area contributed by atoms with Gasteiger partial charge in [0.05, 0.1) is 5.69 Å². The molecule has 0 unspecified atom stereocenters. The average molecular weight is 374 g/mol. The van der Waals surface area contributed by atoms with Crippen LogP contribution in [0.15, 0.2) is 50.5 Å². The zero-order chi connectivity index (χ0) is 18.5. The third-order valence-corrected chi connectivity index (χ3v) is 4.63. The first kappa shape index (κ1) is 18.2. The summed E-state index contributed by atoms with van der Waals surface area (Å²) in [4.78, 5) is 30.6. The van der Waals surface area contributed by atoms with Crippen LogP contribution in [0.5, 0.6) is 5.88 Å². The normalized spacial score (nSPS) is 14.6. The monoisotopic (exact) mass is 373 g/mol. The van der Waals surface area contributed by atoms with Crippen LogP contribution in [0.4, 0.5) is 0 Å². The van der Waals surface area contributed by atoms with Crippen molar-refractivity contribution in [2.24, 2.45) is 4.99 Å². The molecule has 2 N–H and O–H groups in total. The van der Waals surface area contributed by atoms with Crippen molar-refractivity contribution in [1.82, 2.24) is 9.55 Å². The minimum Gasteiger partial charge on any atom is -0.493 e. The Balaban J connectivity index is 1.85. The number of hydrogen-bond donors (Lipinski definition) is 2. The van der Waals surface area contributed by atoms with Gasteiger partial charge in [-0.05, 0) is 56.4 Å². The highest BCUT2D eigenvalue weighted by Crippen LogP contribution is 2.20. The number of hydrogen-bond acceptors (Lipinski definition) is 4. The molecule has 136 valence electrons. The maximum Gasteiger partial charge on any atom is 0.335 e. The maximum atomic E-state index is 12.1. The van der Waals surface area contributed by atoms with E-state index in [0.717, 1.165) is 23.8 Å². The van der Waals surface area contributed by atoms with E-state index in [-0.39, 0.29) is 5.56 Å². The molecule has 0 amide bonds. The molecule has 1 heterocycles. The lowest BCUT2D eigenvalue weighted by Gasteiger charge is -2.11. The number of aromatic hydroxyl groups is 1. The van der Waals surface area contributed by atoms with Crippen molar-refractivity contribution in [3.05, 3.63) is 67.3 Å². The molecule has 3 rings (SSSR count). The summed E-state index contributed by atoms with van der Waals surface area (Å²) in [5.41, 5.74) is 0.350. The summed E-state index contributed by atoms with van der Waals surface area (Å²) in [5.74, 6) is -0.443. The van der Waals surface area contributed by atoms with E-state index < -0.39 is 17.1 Å². The Morgan fingerprint density at radius 1 is 1.23 bits per heavy atom. The molecule has 1 aromatic heterocycles. The van der Waals surface area contributed by atoms with Crippen LogP contribution < -0.4 is 11.2 Å². The van der Waals surface area contributed by atoms with Crippen LogP contribution in [-0.4, -0.2) is 27.4 Å². The zero-order valence-corrected chi connectivity index (χ0v) is 15.0. The number of aromatic nitrogens is 2. The fraction of sp³-hybridized carbons (Fsp3) is 0.316.